The third-order valence-corrected chi connectivity index (χ3v) is 7.19. The molecule has 40 heavy (non-hydrogen) atoms. The number of hydrogen-bond donors (Lipinski definition) is 0. The van der Waals surface area contributed by atoms with Crippen LogP contribution in [0.4, 0.5) is 5.69 Å². The quantitative estimate of drug-likeness (QED) is 0.0614. The van der Waals surface area contributed by atoms with Crippen LogP contribution in [0.25, 0.3) is 11.1 Å². The number of benzene rings is 2. The Morgan fingerprint density at radius 3 is 2.20 bits per heavy atom. The summed E-state index contributed by atoms with van der Waals surface area (Å²) in [5.74, 6) is -1.48. The zero-order valence-corrected chi connectivity index (χ0v) is 24.0. The van der Waals surface area contributed by atoms with Crippen LogP contribution in [-0.4, -0.2) is 34.5 Å². The highest BCUT2D eigenvalue weighted by Crippen LogP contribution is 2.52. The maximum atomic E-state index is 13.7. The topological polar surface area (TPSA) is 125 Å². The molecule has 0 radical (unpaired) electrons. The fourth-order valence-corrected chi connectivity index (χ4v) is 5.04. The highest BCUT2D eigenvalue weighted by Gasteiger charge is 2.40. The molecule has 1 atom stereocenters. The predicted octanol–water partition coefficient (Wildman–Crippen LogP) is 7.08. The fraction of sp³-hybridized carbons (Fsp3) is 0.484. The van der Waals surface area contributed by atoms with Crippen LogP contribution in [0.15, 0.2) is 41.6 Å². The smallest absolute Gasteiger partial charge is 0.335 e. The number of carbonyl (C=O) groups is 3. The van der Waals surface area contributed by atoms with E-state index in [4.69, 9.17) is 9.57 Å². The van der Waals surface area contributed by atoms with Gasteiger partial charge in [0.05, 0.1) is 17.4 Å². The Labute approximate surface area is 235 Å². The van der Waals surface area contributed by atoms with Gasteiger partial charge in [-0.1, -0.05) is 57.3 Å². The Morgan fingerprint density at radius 2 is 1.57 bits per heavy atom. The molecular weight excluding hydrogens is 512 g/mol. The first-order chi connectivity index (χ1) is 19.0. The van der Waals surface area contributed by atoms with Gasteiger partial charge in [-0.2, -0.15) is 0 Å². The van der Waals surface area contributed by atoms with Gasteiger partial charge < -0.3 is 9.57 Å². The number of oxime groups is 1. The number of non-ortho nitro benzene ring substituents is 1. The number of nitrogens with zero attached hydrogens (tertiary/aromatic N) is 2. The van der Waals surface area contributed by atoms with Crippen LogP contribution in [0.3, 0.4) is 0 Å². The largest absolute Gasteiger partial charge is 0.463 e. The van der Waals surface area contributed by atoms with E-state index >= 15 is 0 Å². The number of esters is 1. The number of Topliss-reactive ketones (excluding diaryl/α,β-unsaturated/α-hetero) is 1. The molecule has 1 aliphatic carbocycles. The highest BCUT2D eigenvalue weighted by atomic mass is 16.7. The zero-order valence-electron chi connectivity index (χ0n) is 24.0. The van der Waals surface area contributed by atoms with Crippen LogP contribution in [0.1, 0.15) is 107 Å². The van der Waals surface area contributed by atoms with Gasteiger partial charge in [0.25, 0.3) is 5.69 Å². The van der Waals surface area contributed by atoms with Crippen LogP contribution in [0, 0.1) is 10.1 Å². The van der Waals surface area contributed by atoms with Crippen molar-refractivity contribution < 1.29 is 28.9 Å². The lowest BCUT2D eigenvalue weighted by molar-refractivity contribution is -0.384. The molecule has 0 amide bonds. The monoisotopic (exact) mass is 550 g/mol. The summed E-state index contributed by atoms with van der Waals surface area (Å²) in [5.41, 5.74) is 3.38. The van der Waals surface area contributed by atoms with Gasteiger partial charge in [0.15, 0.2) is 0 Å². The van der Waals surface area contributed by atoms with Crippen molar-refractivity contribution in [3.8, 4) is 11.1 Å². The molecule has 0 bridgehead atoms. The SMILES string of the molecule is CCCCC(=O)O/N=C(\CCC(=O)OC(C)C)C(=O)c1ccc2c(c1)C(C)(CCCC)c1cc([N+](=O)[O-])ccc1-2. The average molecular weight is 551 g/mol. The Morgan fingerprint density at radius 1 is 0.925 bits per heavy atom. The van der Waals surface area contributed by atoms with E-state index in [-0.39, 0.29) is 36.8 Å². The van der Waals surface area contributed by atoms with Crippen molar-refractivity contribution in [3.63, 3.8) is 0 Å². The Kier molecular flexibility index (Phi) is 10.3. The van der Waals surface area contributed by atoms with E-state index < -0.39 is 28.1 Å². The zero-order chi connectivity index (χ0) is 29.4. The minimum absolute atomic E-state index is 0.0261. The van der Waals surface area contributed by atoms with Gasteiger partial charge in [-0.25, -0.2) is 4.79 Å². The Balaban J connectivity index is 1.99. The number of carbonyl (C=O) groups excluding carboxylic acids is 3. The molecule has 9 nitrogen and oxygen atoms in total. The van der Waals surface area contributed by atoms with Crippen molar-refractivity contribution in [2.75, 3.05) is 0 Å². The van der Waals surface area contributed by atoms with Crippen molar-refractivity contribution in [1.29, 1.82) is 0 Å². The van der Waals surface area contributed by atoms with Gasteiger partial charge in [0, 0.05) is 36.0 Å². The number of hydrogen-bond acceptors (Lipinski definition) is 8. The number of ether oxygens (including phenoxy) is 1. The Hall–Kier alpha value is -3.88. The second-order valence-corrected chi connectivity index (χ2v) is 10.7. The Bertz CT molecular complexity index is 1310. The van der Waals surface area contributed by atoms with E-state index in [1.165, 1.54) is 6.07 Å². The summed E-state index contributed by atoms with van der Waals surface area (Å²) in [6, 6.07) is 10.2. The van der Waals surface area contributed by atoms with Crippen molar-refractivity contribution in [2.45, 2.75) is 97.5 Å². The van der Waals surface area contributed by atoms with E-state index in [9.17, 15) is 24.5 Å². The number of unbranched alkanes of at least 4 members (excludes halogenated alkanes) is 2. The second kappa shape index (κ2) is 13.5. The first-order valence-corrected chi connectivity index (χ1v) is 14.0. The lowest BCUT2D eigenvalue weighted by Gasteiger charge is -2.27. The molecule has 2 aromatic carbocycles. The van der Waals surface area contributed by atoms with Gasteiger partial charge in [0.1, 0.15) is 5.71 Å². The summed E-state index contributed by atoms with van der Waals surface area (Å²) >= 11 is 0. The summed E-state index contributed by atoms with van der Waals surface area (Å²) in [6.07, 6.45) is 3.77. The number of rotatable bonds is 14. The molecule has 3 rings (SSSR count). The third-order valence-electron chi connectivity index (χ3n) is 7.19. The second-order valence-electron chi connectivity index (χ2n) is 10.7. The van der Waals surface area contributed by atoms with E-state index in [0.29, 0.717) is 12.0 Å². The standard InChI is InChI=1S/C31H38N2O7/c1-6-8-10-29(35)40-32-27(15-16-28(34)39-20(3)4)30(36)21-11-13-23-24-14-12-22(33(37)38)19-26(24)31(5,17-9-7-2)25(23)18-21/h11-14,18-20H,6-10,15-17H2,1-5H3/b32-27+. The maximum absolute atomic E-state index is 13.7. The molecule has 1 unspecified atom stereocenters. The van der Waals surface area contributed by atoms with Crippen molar-refractivity contribution in [2.24, 2.45) is 5.16 Å². The van der Waals surface area contributed by atoms with Crippen molar-refractivity contribution in [1.82, 2.24) is 0 Å². The first-order valence-electron chi connectivity index (χ1n) is 14.0. The summed E-state index contributed by atoms with van der Waals surface area (Å²) < 4.78 is 5.19. The van der Waals surface area contributed by atoms with E-state index in [0.717, 1.165) is 47.9 Å². The van der Waals surface area contributed by atoms with E-state index in [2.05, 4.69) is 19.0 Å². The number of nitro groups is 1. The van der Waals surface area contributed by atoms with Gasteiger partial charge >= 0.3 is 11.9 Å². The maximum Gasteiger partial charge on any atom is 0.335 e. The van der Waals surface area contributed by atoms with Crippen LogP contribution in [-0.2, 0) is 24.6 Å². The van der Waals surface area contributed by atoms with E-state index in [1.54, 1.807) is 38.1 Å². The molecule has 0 aromatic heterocycles. The molecule has 0 fully saturated rings. The molecule has 9 heteroatoms. The van der Waals surface area contributed by atoms with Crippen LogP contribution in [0.5, 0.6) is 0 Å². The molecule has 1 aliphatic rings. The lowest BCUT2D eigenvalue weighted by atomic mass is 9.75. The third kappa shape index (κ3) is 7.00. The van der Waals surface area contributed by atoms with Crippen LogP contribution in [0.2, 0.25) is 0 Å². The minimum Gasteiger partial charge on any atom is -0.463 e. The molecule has 2 aromatic rings. The first kappa shape index (κ1) is 30.7. The van der Waals surface area contributed by atoms with Crippen LogP contribution < -0.4 is 0 Å². The summed E-state index contributed by atoms with van der Waals surface area (Å²) in [4.78, 5) is 54.2. The van der Waals surface area contributed by atoms with Gasteiger partial charge in [0.2, 0.25) is 5.78 Å². The number of ketones is 1. The fourth-order valence-electron chi connectivity index (χ4n) is 5.04. The highest BCUT2D eigenvalue weighted by molar-refractivity contribution is 6.46. The molecule has 0 N–H and O–H groups in total. The van der Waals surface area contributed by atoms with Gasteiger partial charge in [-0.15, -0.1) is 0 Å². The normalized spacial score (nSPS) is 15.9. The van der Waals surface area contributed by atoms with Crippen molar-refractivity contribution in [3.05, 3.63) is 63.2 Å². The van der Waals surface area contributed by atoms with Crippen molar-refractivity contribution >= 4 is 29.1 Å². The molecule has 0 heterocycles. The molecule has 214 valence electrons. The molecule has 0 spiro atoms. The minimum atomic E-state index is -0.546. The predicted molar refractivity (Wildman–Crippen MR) is 152 cm³/mol. The molecule has 0 aliphatic heterocycles. The van der Waals surface area contributed by atoms with Gasteiger partial charge in [-0.05, 0) is 61.1 Å². The lowest BCUT2D eigenvalue weighted by Crippen LogP contribution is -2.22. The van der Waals surface area contributed by atoms with Crippen LogP contribution >= 0.6 is 0 Å². The molecular formula is C31H38N2O7. The number of nitro benzene ring substituents is 1. The number of fused-ring (bicyclic) bond motifs is 3. The molecule has 0 saturated carbocycles. The summed E-state index contributed by atoms with van der Waals surface area (Å²) in [5, 5.41) is 15.4. The summed E-state index contributed by atoms with van der Waals surface area (Å²) in [6.45, 7) is 9.56. The molecule has 0 saturated heterocycles. The van der Waals surface area contributed by atoms with Gasteiger partial charge in [-0.3, -0.25) is 19.7 Å². The average Bonchev–Trinajstić information content (AvgIpc) is 3.17. The summed E-state index contributed by atoms with van der Waals surface area (Å²) in [7, 11) is 0. The van der Waals surface area contributed by atoms with E-state index in [1.807, 2.05) is 13.0 Å².